The second-order valence-corrected chi connectivity index (χ2v) is 12.4. The minimum absolute atomic E-state index is 0. The van der Waals surface area contributed by atoms with E-state index in [1.165, 1.54) is 22.8 Å². The number of benzene rings is 3. The van der Waals surface area contributed by atoms with Gasteiger partial charge in [0, 0.05) is 28.5 Å². The van der Waals surface area contributed by atoms with Crippen LogP contribution in [0.15, 0.2) is 77.0 Å². The number of thiazole rings is 1. The molecule has 1 fully saturated rings. The Morgan fingerprint density at radius 2 is 1.79 bits per heavy atom. The first-order valence-corrected chi connectivity index (χ1v) is 15.5. The number of nitrogens with zero attached hydrogens (tertiary/aromatic N) is 3. The van der Waals surface area contributed by atoms with Crippen molar-refractivity contribution in [2.75, 3.05) is 0 Å². The molecule has 42 heavy (non-hydrogen) atoms. The zero-order valence-electron chi connectivity index (χ0n) is 22.7. The SMILES string of the molecule is Cc1ccc(-c2cc(-c3nn(-c4nc(C(=O)O)cs4)c(CC4CC4)c3Cc3ccc([SH+](N)=O)cc3)ccc2F)cc1.[OH-]. The van der Waals surface area contributed by atoms with Gasteiger partial charge in [0.2, 0.25) is 5.13 Å². The van der Waals surface area contributed by atoms with Gasteiger partial charge in [0.05, 0.1) is 11.4 Å². The number of aryl methyl sites for hydroxylation is 1. The molecule has 1 aliphatic carbocycles. The Morgan fingerprint density at radius 3 is 2.40 bits per heavy atom. The van der Waals surface area contributed by atoms with Crippen LogP contribution in [0.2, 0.25) is 0 Å². The molecule has 0 spiro atoms. The van der Waals surface area contributed by atoms with Crippen LogP contribution < -0.4 is 5.14 Å². The number of halogens is 1. The lowest BCUT2D eigenvalue weighted by molar-refractivity contribution is 0.0691. The van der Waals surface area contributed by atoms with Gasteiger partial charge >= 0.3 is 5.97 Å². The molecule has 0 amide bonds. The molecule has 8 nitrogen and oxygen atoms in total. The fourth-order valence-electron chi connectivity index (χ4n) is 4.92. The van der Waals surface area contributed by atoms with Gasteiger partial charge in [-0.1, -0.05) is 46.2 Å². The molecule has 5 aromatic rings. The maximum Gasteiger partial charge on any atom is 0.355 e. The second kappa shape index (κ2) is 12.1. The van der Waals surface area contributed by atoms with Gasteiger partial charge in [-0.2, -0.15) is 5.10 Å². The summed E-state index contributed by atoms with van der Waals surface area (Å²) in [6.45, 7) is 1.99. The molecule has 2 aromatic heterocycles. The monoisotopic (exact) mass is 604 g/mol. The standard InChI is InChI=1S/C31H27FN4O3S2.H2O/c1-18-2-8-21(9-3-18)24-16-22(10-13-26(24)32)29-25(14-19-6-11-23(12-7-19)41(33)39)28(15-20-4-5-20)36(35-29)31-34-27(17-40-31)30(37)38;/h2-3,6-13,16-17,20H,4-5,14-15H2,1H3,(H2,33,39)(H,37,38);1H2. The summed E-state index contributed by atoms with van der Waals surface area (Å²) >= 11 is 1.23. The molecular formula is C31H29FN4O4S2. The Balaban J connectivity index is 0.00000353. The average molecular weight is 605 g/mol. The van der Waals surface area contributed by atoms with E-state index in [2.05, 4.69) is 4.98 Å². The van der Waals surface area contributed by atoms with E-state index >= 15 is 4.39 Å². The van der Waals surface area contributed by atoms with Crippen LogP contribution >= 0.6 is 11.3 Å². The summed E-state index contributed by atoms with van der Waals surface area (Å²) in [6.07, 6.45) is 3.52. The van der Waals surface area contributed by atoms with Crippen molar-refractivity contribution in [3.63, 3.8) is 0 Å². The molecule has 1 aliphatic rings. The van der Waals surface area contributed by atoms with Crippen LogP contribution in [0.25, 0.3) is 27.5 Å². The number of nitrogens with two attached hydrogens (primary N) is 1. The molecule has 1 atom stereocenters. The quantitative estimate of drug-likeness (QED) is 0.154. The van der Waals surface area contributed by atoms with Gasteiger partial charge in [-0.05, 0) is 73.6 Å². The molecule has 1 saturated carbocycles. The van der Waals surface area contributed by atoms with Gasteiger partial charge in [-0.25, -0.2) is 18.9 Å². The second-order valence-electron chi connectivity index (χ2n) is 10.4. The first-order chi connectivity index (χ1) is 19.8. The normalized spacial score (nSPS) is 13.5. The summed E-state index contributed by atoms with van der Waals surface area (Å²) in [6, 6.07) is 20.1. The number of hydrogen-bond donors (Lipinski definition) is 2. The summed E-state index contributed by atoms with van der Waals surface area (Å²) in [5.41, 5.74) is 6.66. The third kappa shape index (κ3) is 6.09. The predicted octanol–water partition coefficient (Wildman–Crippen LogP) is 6.10. The van der Waals surface area contributed by atoms with Crippen LogP contribution in [0.3, 0.4) is 0 Å². The van der Waals surface area contributed by atoms with Crippen molar-refractivity contribution in [1.29, 1.82) is 0 Å². The van der Waals surface area contributed by atoms with Gasteiger partial charge < -0.3 is 10.6 Å². The molecule has 216 valence electrons. The Labute approximate surface area is 248 Å². The van der Waals surface area contributed by atoms with Crippen molar-refractivity contribution in [2.24, 2.45) is 11.1 Å². The van der Waals surface area contributed by atoms with Crippen LogP contribution in [0.5, 0.6) is 0 Å². The number of carboxylic acid groups (broad SMARTS) is 1. The highest BCUT2D eigenvalue weighted by atomic mass is 32.2. The van der Waals surface area contributed by atoms with Crippen molar-refractivity contribution < 1.29 is 24.0 Å². The van der Waals surface area contributed by atoms with Crippen LogP contribution in [0, 0.1) is 18.7 Å². The van der Waals surface area contributed by atoms with E-state index in [0.29, 0.717) is 33.6 Å². The first-order valence-electron chi connectivity index (χ1n) is 13.2. The number of rotatable bonds is 9. The van der Waals surface area contributed by atoms with E-state index in [4.69, 9.17) is 10.2 Å². The minimum atomic E-state index is -1.94. The number of aromatic carboxylic acids is 1. The summed E-state index contributed by atoms with van der Waals surface area (Å²) < 4.78 is 28.6. The molecule has 0 radical (unpaired) electrons. The van der Waals surface area contributed by atoms with Gasteiger partial charge in [-0.15, -0.1) is 16.5 Å². The zero-order valence-corrected chi connectivity index (χ0v) is 24.4. The fourth-order valence-corrected chi connectivity index (χ4v) is 6.13. The lowest BCUT2D eigenvalue weighted by atomic mass is 9.95. The van der Waals surface area contributed by atoms with E-state index in [1.807, 2.05) is 49.4 Å². The minimum Gasteiger partial charge on any atom is -0.870 e. The molecular weight excluding hydrogens is 575 g/mol. The van der Waals surface area contributed by atoms with E-state index in [-0.39, 0.29) is 17.0 Å². The summed E-state index contributed by atoms with van der Waals surface area (Å²) in [4.78, 5) is 16.5. The number of hydrogen-bond acceptors (Lipinski definition) is 6. The number of carboxylic acids is 1. The largest absolute Gasteiger partial charge is 0.870 e. The lowest BCUT2D eigenvalue weighted by Crippen LogP contribution is -2.06. The predicted molar refractivity (Wildman–Crippen MR) is 161 cm³/mol. The van der Waals surface area contributed by atoms with Crippen LogP contribution in [-0.4, -0.2) is 31.3 Å². The average Bonchev–Trinajstić information content (AvgIpc) is 3.52. The molecule has 11 heteroatoms. The van der Waals surface area contributed by atoms with E-state index in [9.17, 15) is 14.1 Å². The Kier molecular flexibility index (Phi) is 8.46. The van der Waals surface area contributed by atoms with Crippen molar-refractivity contribution >= 4 is 28.3 Å². The molecule has 4 N–H and O–H groups in total. The van der Waals surface area contributed by atoms with Crippen LogP contribution in [-0.2, 0) is 28.0 Å². The van der Waals surface area contributed by atoms with Crippen molar-refractivity contribution in [2.45, 2.75) is 37.5 Å². The van der Waals surface area contributed by atoms with Crippen molar-refractivity contribution in [1.82, 2.24) is 14.8 Å². The maximum absolute atomic E-state index is 15.1. The first kappa shape index (κ1) is 29.5. The van der Waals surface area contributed by atoms with Gasteiger partial charge in [0.25, 0.3) is 0 Å². The molecule has 1 unspecified atom stereocenters. The topological polar surface area (TPSA) is 141 Å². The molecule has 0 bridgehead atoms. The fraction of sp³-hybridized carbons (Fsp3) is 0.194. The highest BCUT2D eigenvalue weighted by Crippen LogP contribution is 2.39. The summed E-state index contributed by atoms with van der Waals surface area (Å²) in [5.74, 6) is -0.909. The van der Waals surface area contributed by atoms with Gasteiger partial charge in [-0.3, -0.25) is 0 Å². The number of aromatic nitrogens is 3. The number of carbonyl (C=O) groups is 1. The Morgan fingerprint density at radius 1 is 1.10 bits per heavy atom. The van der Waals surface area contributed by atoms with Crippen LogP contribution in [0.4, 0.5) is 4.39 Å². The highest BCUT2D eigenvalue weighted by molar-refractivity contribution is 7.82. The molecule has 0 aliphatic heterocycles. The van der Waals surface area contributed by atoms with Crippen LogP contribution in [0.1, 0.15) is 45.7 Å². The Hall–Kier alpha value is -4.03. The maximum atomic E-state index is 15.1. The third-order valence-electron chi connectivity index (χ3n) is 7.34. The molecule has 0 saturated heterocycles. The molecule has 3 aromatic carbocycles. The third-order valence-corrected chi connectivity index (χ3v) is 8.96. The Bertz CT molecular complexity index is 1780. The van der Waals surface area contributed by atoms with E-state index in [0.717, 1.165) is 52.8 Å². The molecule has 6 rings (SSSR count). The zero-order chi connectivity index (χ0) is 28.7. The van der Waals surface area contributed by atoms with Gasteiger partial charge in [0.15, 0.2) is 21.6 Å². The smallest absolute Gasteiger partial charge is 0.355 e. The van der Waals surface area contributed by atoms with Gasteiger partial charge in [0.1, 0.15) is 5.82 Å². The number of thiol groups is 1. The van der Waals surface area contributed by atoms with Crippen molar-refractivity contribution in [3.8, 4) is 27.5 Å². The highest BCUT2D eigenvalue weighted by Gasteiger charge is 2.29. The molecule has 2 heterocycles. The summed E-state index contributed by atoms with van der Waals surface area (Å²) in [7, 11) is -1.94. The lowest BCUT2D eigenvalue weighted by Gasteiger charge is -2.10. The van der Waals surface area contributed by atoms with E-state index < -0.39 is 17.0 Å². The van der Waals surface area contributed by atoms with Crippen molar-refractivity contribution in [3.05, 3.63) is 106 Å². The summed E-state index contributed by atoms with van der Waals surface area (Å²) in [5, 5.41) is 22.1. The van der Waals surface area contributed by atoms with E-state index in [1.54, 1.807) is 22.9 Å².